The molecule has 0 unspecified atom stereocenters. The molecule has 0 saturated heterocycles. The first-order chi connectivity index (χ1) is 5.52. The van der Waals surface area contributed by atoms with Crippen LogP contribution >= 0.6 is 0 Å². The first kappa shape index (κ1) is 11.8. The number of nitrogens with one attached hydrogen (secondary N) is 1. The fraction of sp³-hybridized carbons (Fsp3) is 1.00. The summed E-state index contributed by atoms with van der Waals surface area (Å²) in [5, 5.41) is 8.57. The lowest BCUT2D eigenvalue weighted by Gasteiger charge is -2.10. The van der Waals surface area contributed by atoms with Gasteiger partial charge in [-0.25, -0.2) is 13.1 Å². The highest BCUT2D eigenvalue weighted by molar-refractivity contribution is 7.89. The minimum atomic E-state index is -3.29. The van der Waals surface area contributed by atoms with Gasteiger partial charge in [-0.1, -0.05) is 0 Å². The Bertz CT molecular complexity index is 202. The largest absolute Gasteiger partial charge is 0.395 e. The minimum Gasteiger partial charge on any atom is -0.395 e. The molecule has 0 rings (SSSR count). The SMILES string of the molecule is COCCS(=O)(=O)N[C@H](C)CO. The van der Waals surface area contributed by atoms with E-state index in [2.05, 4.69) is 9.46 Å². The van der Waals surface area contributed by atoms with Gasteiger partial charge in [0.1, 0.15) is 0 Å². The van der Waals surface area contributed by atoms with Gasteiger partial charge in [-0.15, -0.1) is 0 Å². The van der Waals surface area contributed by atoms with Crippen molar-refractivity contribution in [1.82, 2.24) is 4.72 Å². The summed E-state index contributed by atoms with van der Waals surface area (Å²) in [6.45, 7) is 1.55. The number of rotatable bonds is 6. The molecule has 12 heavy (non-hydrogen) atoms. The van der Waals surface area contributed by atoms with Crippen LogP contribution in [0.2, 0.25) is 0 Å². The molecule has 0 aromatic carbocycles. The highest BCUT2D eigenvalue weighted by Crippen LogP contribution is 1.88. The molecule has 0 aromatic rings. The first-order valence-electron chi connectivity index (χ1n) is 3.61. The maximum absolute atomic E-state index is 11.1. The van der Waals surface area contributed by atoms with Gasteiger partial charge in [0.2, 0.25) is 10.0 Å². The van der Waals surface area contributed by atoms with E-state index in [1.807, 2.05) is 0 Å². The van der Waals surface area contributed by atoms with Crippen LogP contribution in [-0.2, 0) is 14.8 Å². The molecule has 0 aliphatic heterocycles. The van der Waals surface area contributed by atoms with Gasteiger partial charge in [-0.05, 0) is 6.92 Å². The standard InChI is InChI=1S/C6H15NO4S/c1-6(5-8)7-12(9,10)4-3-11-2/h6-8H,3-5H2,1-2H3/t6-/m1/s1. The molecule has 0 aliphatic carbocycles. The number of hydrogen-bond acceptors (Lipinski definition) is 4. The van der Waals surface area contributed by atoms with Crippen molar-refractivity contribution < 1.29 is 18.3 Å². The zero-order valence-corrected chi connectivity index (χ0v) is 8.10. The van der Waals surface area contributed by atoms with Crippen LogP contribution < -0.4 is 4.72 Å². The molecule has 0 spiro atoms. The van der Waals surface area contributed by atoms with Gasteiger partial charge in [-0.2, -0.15) is 0 Å². The highest BCUT2D eigenvalue weighted by Gasteiger charge is 2.12. The van der Waals surface area contributed by atoms with Gasteiger partial charge in [0, 0.05) is 13.2 Å². The summed E-state index contributed by atoms with van der Waals surface area (Å²) < 4.78 is 29.0. The normalized spacial score (nSPS) is 14.6. The summed E-state index contributed by atoms with van der Waals surface area (Å²) >= 11 is 0. The Morgan fingerprint density at radius 1 is 1.58 bits per heavy atom. The topological polar surface area (TPSA) is 75.6 Å². The number of sulfonamides is 1. The summed E-state index contributed by atoms with van der Waals surface area (Å²) in [5.74, 6) is -0.0756. The molecule has 0 radical (unpaired) electrons. The predicted octanol–water partition coefficient (Wildman–Crippen LogP) is -1.07. The average Bonchev–Trinajstić information content (AvgIpc) is 2.00. The third kappa shape index (κ3) is 5.48. The van der Waals surface area contributed by atoms with Crippen molar-refractivity contribution in [2.24, 2.45) is 0 Å². The third-order valence-electron chi connectivity index (χ3n) is 1.21. The Kier molecular flexibility index (Phi) is 5.39. The molecule has 0 aliphatic rings. The van der Waals surface area contributed by atoms with Crippen LogP contribution in [0, 0.1) is 0 Å². The molecule has 0 amide bonds. The van der Waals surface area contributed by atoms with E-state index in [-0.39, 0.29) is 19.0 Å². The Morgan fingerprint density at radius 2 is 2.17 bits per heavy atom. The zero-order valence-electron chi connectivity index (χ0n) is 7.28. The maximum Gasteiger partial charge on any atom is 0.214 e. The highest BCUT2D eigenvalue weighted by atomic mass is 32.2. The molecule has 2 N–H and O–H groups in total. The van der Waals surface area contributed by atoms with Crippen molar-refractivity contribution in [2.75, 3.05) is 26.1 Å². The molecule has 1 atom stereocenters. The molecule has 0 aromatic heterocycles. The number of hydrogen-bond donors (Lipinski definition) is 2. The van der Waals surface area contributed by atoms with Gasteiger partial charge in [0.05, 0.1) is 19.0 Å². The number of aliphatic hydroxyl groups is 1. The predicted molar refractivity (Wildman–Crippen MR) is 45.3 cm³/mol. The van der Waals surface area contributed by atoms with Gasteiger partial charge >= 0.3 is 0 Å². The van der Waals surface area contributed by atoms with Crippen LogP contribution in [0.15, 0.2) is 0 Å². The summed E-state index contributed by atoms with van der Waals surface area (Å²) in [6.07, 6.45) is 0. The quantitative estimate of drug-likeness (QED) is 0.568. The van der Waals surface area contributed by atoms with E-state index >= 15 is 0 Å². The molecule has 74 valence electrons. The maximum atomic E-state index is 11.1. The summed E-state index contributed by atoms with van der Waals surface area (Å²) in [7, 11) is -1.85. The monoisotopic (exact) mass is 197 g/mol. The average molecular weight is 197 g/mol. The van der Waals surface area contributed by atoms with E-state index in [1.165, 1.54) is 7.11 Å². The van der Waals surface area contributed by atoms with Crippen molar-refractivity contribution in [1.29, 1.82) is 0 Å². The molecular weight excluding hydrogens is 182 g/mol. The van der Waals surface area contributed by atoms with Crippen molar-refractivity contribution >= 4 is 10.0 Å². The molecule has 0 fully saturated rings. The Hall–Kier alpha value is -0.170. The van der Waals surface area contributed by atoms with Crippen LogP contribution in [0.25, 0.3) is 0 Å². The van der Waals surface area contributed by atoms with E-state index in [4.69, 9.17) is 5.11 Å². The van der Waals surface area contributed by atoms with Gasteiger partial charge in [0.15, 0.2) is 0 Å². The van der Waals surface area contributed by atoms with Crippen LogP contribution in [0.3, 0.4) is 0 Å². The number of methoxy groups -OCH3 is 1. The fourth-order valence-corrected chi connectivity index (χ4v) is 1.79. The zero-order chi connectivity index (χ0) is 9.61. The summed E-state index contributed by atoms with van der Waals surface area (Å²) in [5.41, 5.74) is 0. The Balaban J connectivity index is 3.88. The second kappa shape index (κ2) is 5.47. The lowest BCUT2D eigenvalue weighted by Crippen LogP contribution is -2.37. The molecule has 0 heterocycles. The summed E-state index contributed by atoms with van der Waals surface area (Å²) in [6, 6.07) is -0.438. The van der Waals surface area contributed by atoms with E-state index in [0.29, 0.717) is 0 Å². The smallest absolute Gasteiger partial charge is 0.214 e. The second-order valence-electron chi connectivity index (χ2n) is 2.51. The Labute approximate surface area is 72.8 Å². The van der Waals surface area contributed by atoms with E-state index < -0.39 is 16.1 Å². The van der Waals surface area contributed by atoms with Crippen LogP contribution in [0.4, 0.5) is 0 Å². The Morgan fingerprint density at radius 3 is 2.58 bits per heavy atom. The number of ether oxygens (including phenoxy) is 1. The van der Waals surface area contributed by atoms with Crippen molar-refractivity contribution in [3.05, 3.63) is 0 Å². The van der Waals surface area contributed by atoms with Crippen molar-refractivity contribution in [3.63, 3.8) is 0 Å². The molecule has 6 heteroatoms. The first-order valence-corrected chi connectivity index (χ1v) is 5.27. The van der Waals surface area contributed by atoms with Crippen LogP contribution in [0.5, 0.6) is 0 Å². The van der Waals surface area contributed by atoms with Gasteiger partial charge in [-0.3, -0.25) is 0 Å². The molecular formula is C6H15NO4S. The number of aliphatic hydroxyl groups excluding tert-OH is 1. The lowest BCUT2D eigenvalue weighted by molar-refractivity contribution is 0.216. The van der Waals surface area contributed by atoms with E-state index in [1.54, 1.807) is 6.92 Å². The molecule has 0 bridgehead atoms. The molecule has 5 nitrogen and oxygen atoms in total. The van der Waals surface area contributed by atoms with E-state index in [9.17, 15) is 8.42 Å². The summed E-state index contributed by atoms with van der Waals surface area (Å²) in [4.78, 5) is 0. The minimum absolute atomic E-state index is 0.0756. The third-order valence-corrected chi connectivity index (χ3v) is 2.68. The van der Waals surface area contributed by atoms with Gasteiger partial charge < -0.3 is 9.84 Å². The second-order valence-corrected chi connectivity index (χ2v) is 4.39. The fourth-order valence-electron chi connectivity index (χ4n) is 0.596. The van der Waals surface area contributed by atoms with Crippen molar-refractivity contribution in [3.8, 4) is 0 Å². The van der Waals surface area contributed by atoms with E-state index in [0.717, 1.165) is 0 Å². The van der Waals surface area contributed by atoms with Crippen LogP contribution in [-0.4, -0.2) is 45.6 Å². The van der Waals surface area contributed by atoms with Crippen LogP contribution in [0.1, 0.15) is 6.92 Å². The lowest BCUT2D eigenvalue weighted by atomic mass is 10.4. The van der Waals surface area contributed by atoms with Gasteiger partial charge in [0.25, 0.3) is 0 Å². The molecule has 0 saturated carbocycles. The van der Waals surface area contributed by atoms with Crippen molar-refractivity contribution in [2.45, 2.75) is 13.0 Å².